The Morgan fingerprint density at radius 1 is 0.938 bits per heavy atom. The van der Waals surface area contributed by atoms with E-state index in [9.17, 15) is 0 Å². The average molecular weight is 223 g/mol. The van der Waals surface area contributed by atoms with Gasteiger partial charge < -0.3 is 4.74 Å². The Morgan fingerprint density at radius 3 is 2.62 bits per heavy atom. The van der Waals surface area contributed by atoms with Crippen molar-refractivity contribution < 1.29 is 4.74 Å². The number of ether oxygens (including phenoxy) is 1. The molecule has 2 atom stereocenters. The molecule has 0 spiro atoms. The molecule has 0 amide bonds. The molecule has 2 aliphatic heterocycles. The number of hydrogen-bond donors (Lipinski definition) is 0. The van der Waals surface area contributed by atoms with Crippen LogP contribution in [0.15, 0.2) is 0 Å². The fraction of sp³-hybridized carbons (Fsp3) is 1.00. The van der Waals surface area contributed by atoms with E-state index < -0.39 is 0 Å². The zero-order chi connectivity index (χ0) is 10.8. The quantitative estimate of drug-likeness (QED) is 0.713. The zero-order valence-corrected chi connectivity index (χ0v) is 10.4. The van der Waals surface area contributed by atoms with Gasteiger partial charge in [-0.2, -0.15) is 0 Å². The van der Waals surface area contributed by atoms with Crippen LogP contribution in [0.1, 0.15) is 44.9 Å². The van der Waals surface area contributed by atoms with E-state index in [1.807, 2.05) is 0 Å². The van der Waals surface area contributed by atoms with Crippen molar-refractivity contribution in [1.82, 2.24) is 4.90 Å². The van der Waals surface area contributed by atoms with Crippen LogP contribution in [0, 0.1) is 11.8 Å². The summed E-state index contributed by atoms with van der Waals surface area (Å²) in [5.41, 5.74) is 0. The van der Waals surface area contributed by atoms with Crippen LogP contribution < -0.4 is 0 Å². The summed E-state index contributed by atoms with van der Waals surface area (Å²) in [6, 6.07) is 0.955. The first-order valence-electron chi connectivity index (χ1n) is 7.25. The summed E-state index contributed by atoms with van der Waals surface area (Å²) < 4.78 is 5.46. The Balaban J connectivity index is 1.56. The summed E-state index contributed by atoms with van der Waals surface area (Å²) in [6.07, 6.45) is 10.0. The van der Waals surface area contributed by atoms with Crippen molar-refractivity contribution in [3.05, 3.63) is 0 Å². The predicted octanol–water partition coefficient (Wildman–Crippen LogP) is 2.68. The monoisotopic (exact) mass is 223 g/mol. The van der Waals surface area contributed by atoms with Crippen LogP contribution in [-0.2, 0) is 4.74 Å². The molecule has 2 saturated heterocycles. The average Bonchev–Trinajstić information content (AvgIpc) is 2.80. The highest BCUT2D eigenvalue weighted by atomic mass is 16.5. The molecule has 92 valence electrons. The standard InChI is InChI=1S/C14H25NO/c1-3-13-4-2-8-15(14(13)5-1)11-12-6-9-16-10-7-12/h12-14H,1-11H2/t13-,14+/m0/s1. The van der Waals surface area contributed by atoms with Gasteiger partial charge in [-0.25, -0.2) is 0 Å². The molecule has 0 aromatic heterocycles. The lowest BCUT2D eigenvalue weighted by Gasteiger charge is -2.40. The molecular formula is C14H25NO. The molecule has 2 nitrogen and oxygen atoms in total. The number of rotatable bonds is 2. The molecule has 16 heavy (non-hydrogen) atoms. The zero-order valence-electron chi connectivity index (χ0n) is 10.4. The number of fused-ring (bicyclic) bond motifs is 1. The van der Waals surface area contributed by atoms with Crippen molar-refractivity contribution in [2.45, 2.75) is 51.0 Å². The molecule has 0 N–H and O–H groups in total. The maximum absolute atomic E-state index is 5.46. The highest BCUT2D eigenvalue weighted by molar-refractivity contribution is 4.90. The predicted molar refractivity (Wildman–Crippen MR) is 65.5 cm³/mol. The Bertz CT molecular complexity index is 225. The van der Waals surface area contributed by atoms with Gasteiger partial charge in [-0.15, -0.1) is 0 Å². The molecule has 0 aromatic carbocycles. The number of nitrogens with zero attached hydrogens (tertiary/aromatic N) is 1. The van der Waals surface area contributed by atoms with Crippen LogP contribution in [0.5, 0.6) is 0 Å². The first-order valence-corrected chi connectivity index (χ1v) is 7.25. The third kappa shape index (κ3) is 2.28. The van der Waals surface area contributed by atoms with Crippen molar-refractivity contribution in [3.63, 3.8) is 0 Å². The summed E-state index contributed by atoms with van der Waals surface area (Å²) in [5.74, 6) is 1.97. The summed E-state index contributed by atoms with van der Waals surface area (Å²) >= 11 is 0. The SMILES string of the molecule is C1C[C@H]2CCCN(CC3CCOCC3)[C@@H]2C1. The molecule has 3 fully saturated rings. The molecule has 2 heterocycles. The van der Waals surface area contributed by atoms with Gasteiger partial charge in [0.25, 0.3) is 0 Å². The normalized spacial score (nSPS) is 37.5. The second-order valence-electron chi connectivity index (χ2n) is 5.95. The summed E-state index contributed by atoms with van der Waals surface area (Å²) in [7, 11) is 0. The van der Waals surface area contributed by atoms with E-state index in [0.717, 1.165) is 31.1 Å². The van der Waals surface area contributed by atoms with Crippen LogP contribution in [0.4, 0.5) is 0 Å². The summed E-state index contributed by atoms with van der Waals surface area (Å²) in [5, 5.41) is 0. The van der Waals surface area contributed by atoms with Crippen LogP contribution >= 0.6 is 0 Å². The molecule has 1 saturated carbocycles. The van der Waals surface area contributed by atoms with Gasteiger partial charge >= 0.3 is 0 Å². The molecule has 1 aliphatic carbocycles. The second-order valence-corrected chi connectivity index (χ2v) is 5.95. The molecule has 0 radical (unpaired) electrons. The maximum Gasteiger partial charge on any atom is 0.0469 e. The van der Waals surface area contributed by atoms with Crippen molar-refractivity contribution >= 4 is 0 Å². The Kier molecular flexibility index (Phi) is 3.49. The first-order chi connectivity index (χ1) is 7.93. The van der Waals surface area contributed by atoms with Crippen LogP contribution in [0.3, 0.4) is 0 Å². The van der Waals surface area contributed by atoms with Gasteiger partial charge in [0.15, 0.2) is 0 Å². The number of piperidine rings is 1. The van der Waals surface area contributed by atoms with Crippen molar-refractivity contribution in [2.75, 3.05) is 26.3 Å². The van der Waals surface area contributed by atoms with Crippen molar-refractivity contribution in [1.29, 1.82) is 0 Å². The molecule has 3 aliphatic rings. The highest BCUT2D eigenvalue weighted by Crippen LogP contribution is 2.37. The highest BCUT2D eigenvalue weighted by Gasteiger charge is 2.35. The summed E-state index contributed by atoms with van der Waals surface area (Å²) in [4.78, 5) is 2.83. The van der Waals surface area contributed by atoms with Crippen LogP contribution in [-0.4, -0.2) is 37.2 Å². The van der Waals surface area contributed by atoms with Gasteiger partial charge in [-0.05, 0) is 56.9 Å². The van der Waals surface area contributed by atoms with E-state index in [2.05, 4.69) is 4.90 Å². The Hall–Kier alpha value is -0.0800. The van der Waals surface area contributed by atoms with Gasteiger partial charge in [-0.1, -0.05) is 6.42 Å². The van der Waals surface area contributed by atoms with E-state index in [1.165, 1.54) is 58.0 Å². The topological polar surface area (TPSA) is 12.5 Å². The number of likely N-dealkylation sites (tertiary alicyclic amines) is 1. The van der Waals surface area contributed by atoms with E-state index in [4.69, 9.17) is 4.74 Å². The Morgan fingerprint density at radius 2 is 1.75 bits per heavy atom. The lowest BCUT2D eigenvalue weighted by atomic mass is 9.90. The molecular weight excluding hydrogens is 198 g/mol. The van der Waals surface area contributed by atoms with Gasteiger partial charge in [0.2, 0.25) is 0 Å². The third-order valence-corrected chi connectivity index (χ3v) is 4.94. The molecule has 0 aromatic rings. The van der Waals surface area contributed by atoms with E-state index in [0.29, 0.717) is 0 Å². The molecule has 2 heteroatoms. The lowest BCUT2D eigenvalue weighted by molar-refractivity contribution is 0.0315. The lowest BCUT2D eigenvalue weighted by Crippen LogP contribution is -2.45. The fourth-order valence-corrected chi connectivity index (χ4v) is 4.04. The van der Waals surface area contributed by atoms with Gasteiger partial charge in [0.05, 0.1) is 0 Å². The van der Waals surface area contributed by atoms with E-state index in [-0.39, 0.29) is 0 Å². The van der Waals surface area contributed by atoms with Crippen LogP contribution in [0.25, 0.3) is 0 Å². The van der Waals surface area contributed by atoms with Crippen molar-refractivity contribution in [2.24, 2.45) is 11.8 Å². The summed E-state index contributed by atoms with van der Waals surface area (Å²) in [6.45, 7) is 4.75. The second kappa shape index (κ2) is 5.05. The van der Waals surface area contributed by atoms with Gasteiger partial charge in [0.1, 0.15) is 0 Å². The molecule has 0 bridgehead atoms. The largest absolute Gasteiger partial charge is 0.381 e. The first kappa shape index (κ1) is 11.0. The number of hydrogen-bond acceptors (Lipinski definition) is 2. The third-order valence-electron chi connectivity index (χ3n) is 4.94. The minimum Gasteiger partial charge on any atom is -0.381 e. The maximum atomic E-state index is 5.46. The minimum atomic E-state index is 0.924. The smallest absolute Gasteiger partial charge is 0.0469 e. The Labute approximate surface area is 99.3 Å². The minimum absolute atomic E-state index is 0.924. The molecule has 3 rings (SSSR count). The van der Waals surface area contributed by atoms with E-state index in [1.54, 1.807) is 0 Å². The van der Waals surface area contributed by atoms with Crippen molar-refractivity contribution in [3.8, 4) is 0 Å². The fourth-order valence-electron chi connectivity index (χ4n) is 4.04. The van der Waals surface area contributed by atoms with Gasteiger partial charge in [-0.3, -0.25) is 4.90 Å². The van der Waals surface area contributed by atoms with E-state index >= 15 is 0 Å². The van der Waals surface area contributed by atoms with Crippen LogP contribution in [0.2, 0.25) is 0 Å². The molecule has 0 unspecified atom stereocenters. The van der Waals surface area contributed by atoms with Gasteiger partial charge in [0, 0.05) is 25.8 Å².